The summed E-state index contributed by atoms with van der Waals surface area (Å²) in [6, 6.07) is 15.4. The lowest BCUT2D eigenvalue weighted by molar-refractivity contribution is -0.117. The van der Waals surface area contributed by atoms with Gasteiger partial charge in [-0.25, -0.2) is 4.68 Å². The van der Waals surface area contributed by atoms with Crippen LogP contribution in [0.1, 0.15) is 25.3 Å². The van der Waals surface area contributed by atoms with Gasteiger partial charge in [0.25, 0.3) is 5.91 Å². The molecule has 0 spiro atoms. The van der Waals surface area contributed by atoms with Crippen LogP contribution in [-0.2, 0) is 4.79 Å². The fraction of sp³-hybridized carbons (Fsp3) is 0.182. The minimum absolute atomic E-state index is 0.0546. The predicted octanol–water partition coefficient (Wildman–Crippen LogP) is 3.76. The number of para-hydroxylation sites is 1. The third kappa shape index (κ3) is 4.51. The quantitative estimate of drug-likeness (QED) is 0.389. The Morgan fingerprint density at radius 2 is 1.96 bits per heavy atom. The Kier molecular flexibility index (Phi) is 6.32. The number of carbonyl (C=O) groups is 1. The zero-order valence-corrected chi connectivity index (χ0v) is 15.7. The lowest BCUT2D eigenvalue weighted by atomic mass is 10.1. The highest BCUT2D eigenvalue weighted by Crippen LogP contribution is 2.25. The van der Waals surface area contributed by atoms with Gasteiger partial charge in [0, 0.05) is 36.3 Å². The van der Waals surface area contributed by atoms with Gasteiger partial charge >= 0.3 is 0 Å². The summed E-state index contributed by atoms with van der Waals surface area (Å²) in [5, 5.41) is 16.9. The van der Waals surface area contributed by atoms with Gasteiger partial charge in [0.05, 0.1) is 5.69 Å². The molecular weight excluding hydrogens is 350 g/mol. The van der Waals surface area contributed by atoms with Crippen molar-refractivity contribution in [3.63, 3.8) is 0 Å². The lowest BCUT2D eigenvalue weighted by Gasteiger charge is -2.03. The van der Waals surface area contributed by atoms with E-state index in [0.717, 1.165) is 24.1 Å². The molecule has 0 radical (unpaired) electrons. The molecule has 0 aliphatic heterocycles. The predicted molar refractivity (Wildman–Crippen MR) is 108 cm³/mol. The summed E-state index contributed by atoms with van der Waals surface area (Å²) in [6.07, 6.45) is 8.63. The van der Waals surface area contributed by atoms with Crippen molar-refractivity contribution in [1.29, 1.82) is 5.26 Å². The molecule has 2 heterocycles. The third-order valence-corrected chi connectivity index (χ3v) is 4.20. The van der Waals surface area contributed by atoms with E-state index in [1.54, 1.807) is 23.2 Å². The molecule has 1 amide bonds. The Hall–Kier alpha value is -3.72. The maximum Gasteiger partial charge on any atom is 0.261 e. The second kappa shape index (κ2) is 9.28. The summed E-state index contributed by atoms with van der Waals surface area (Å²) in [5.74, 6) is -0.371. The summed E-state index contributed by atoms with van der Waals surface area (Å²) in [4.78, 5) is 16.4. The van der Waals surface area contributed by atoms with E-state index in [2.05, 4.69) is 15.4 Å². The summed E-state index contributed by atoms with van der Waals surface area (Å²) in [5.41, 5.74) is 3.18. The summed E-state index contributed by atoms with van der Waals surface area (Å²) in [6.45, 7) is 2.60. The van der Waals surface area contributed by atoms with Crippen LogP contribution in [0.4, 0.5) is 0 Å². The number of nitrogens with zero attached hydrogens (tertiary/aromatic N) is 4. The number of amides is 1. The van der Waals surface area contributed by atoms with Gasteiger partial charge in [-0.2, -0.15) is 10.4 Å². The Morgan fingerprint density at radius 1 is 1.21 bits per heavy atom. The van der Waals surface area contributed by atoms with E-state index < -0.39 is 0 Å². The van der Waals surface area contributed by atoms with E-state index in [4.69, 9.17) is 0 Å². The van der Waals surface area contributed by atoms with Crippen molar-refractivity contribution in [1.82, 2.24) is 20.1 Å². The maximum absolute atomic E-state index is 12.3. The van der Waals surface area contributed by atoms with Crippen LogP contribution in [0.3, 0.4) is 0 Å². The highest BCUT2D eigenvalue weighted by Gasteiger charge is 2.14. The normalized spacial score (nSPS) is 11.1. The molecule has 1 N–H and O–H groups in total. The van der Waals surface area contributed by atoms with Crippen LogP contribution in [0.25, 0.3) is 23.0 Å². The highest BCUT2D eigenvalue weighted by atomic mass is 16.1. The van der Waals surface area contributed by atoms with Crippen LogP contribution >= 0.6 is 0 Å². The molecule has 0 aliphatic carbocycles. The van der Waals surface area contributed by atoms with E-state index in [0.29, 0.717) is 17.8 Å². The Labute approximate surface area is 164 Å². The van der Waals surface area contributed by atoms with Crippen LogP contribution in [0, 0.1) is 11.3 Å². The van der Waals surface area contributed by atoms with E-state index in [1.807, 2.05) is 61.7 Å². The number of unbranched alkanes of at least 4 members (excludes halogenated alkanes) is 1. The zero-order chi connectivity index (χ0) is 19.8. The Bertz CT molecular complexity index is 1000. The fourth-order valence-electron chi connectivity index (χ4n) is 2.72. The molecule has 6 nitrogen and oxygen atoms in total. The van der Waals surface area contributed by atoms with Gasteiger partial charge in [0.15, 0.2) is 0 Å². The molecule has 0 bridgehead atoms. The first-order valence-corrected chi connectivity index (χ1v) is 9.18. The van der Waals surface area contributed by atoms with Gasteiger partial charge in [-0.15, -0.1) is 0 Å². The molecule has 0 saturated carbocycles. The average Bonchev–Trinajstić information content (AvgIpc) is 3.17. The van der Waals surface area contributed by atoms with Gasteiger partial charge in [0.2, 0.25) is 0 Å². The SMILES string of the molecule is CCCCNC(=O)/C(C#N)=C/c1cn(-c2ccccc2)nc1-c1ccncc1. The molecule has 0 saturated heterocycles. The van der Waals surface area contributed by atoms with Gasteiger partial charge in [-0.05, 0) is 36.8 Å². The molecule has 0 aliphatic rings. The molecule has 3 aromatic rings. The van der Waals surface area contributed by atoms with E-state index in [9.17, 15) is 10.1 Å². The largest absolute Gasteiger partial charge is 0.351 e. The summed E-state index contributed by atoms with van der Waals surface area (Å²) < 4.78 is 1.74. The van der Waals surface area contributed by atoms with Gasteiger partial charge < -0.3 is 5.32 Å². The first-order valence-electron chi connectivity index (χ1n) is 9.18. The van der Waals surface area contributed by atoms with Crippen molar-refractivity contribution in [2.24, 2.45) is 0 Å². The van der Waals surface area contributed by atoms with Gasteiger partial charge in [-0.3, -0.25) is 9.78 Å². The van der Waals surface area contributed by atoms with Crippen molar-refractivity contribution in [2.45, 2.75) is 19.8 Å². The number of hydrogen-bond acceptors (Lipinski definition) is 4. The first-order chi connectivity index (χ1) is 13.7. The molecule has 140 valence electrons. The standard InChI is InChI=1S/C22H21N5O/c1-2-3-11-25-22(28)18(15-23)14-19-16-27(20-7-5-4-6-8-20)26-21(19)17-9-12-24-13-10-17/h4-10,12-14,16H,2-3,11H2,1H3,(H,25,28)/b18-14+. The van der Waals surface area contributed by atoms with Crippen molar-refractivity contribution < 1.29 is 4.79 Å². The molecule has 2 aromatic heterocycles. The second-order valence-corrected chi connectivity index (χ2v) is 6.23. The van der Waals surface area contributed by atoms with Crippen LogP contribution in [0.2, 0.25) is 0 Å². The number of pyridine rings is 1. The maximum atomic E-state index is 12.3. The van der Waals surface area contributed by atoms with Crippen molar-refractivity contribution in [2.75, 3.05) is 6.54 Å². The van der Waals surface area contributed by atoms with Crippen molar-refractivity contribution >= 4 is 12.0 Å². The van der Waals surface area contributed by atoms with E-state index in [-0.39, 0.29) is 11.5 Å². The molecule has 0 atom stereocenters. The lowest BCUT2D eigenvalue weighted by Crippen LogP contribution is -2.25. The molecule has 0 unspecified atom stereocenters. The number of nitriles is 1. The van der Waals surface area contributed by atoms with Crippen LogP contribution < -0.4 is 5.32 Å². The van der Waals surface area contributed by atoms with Crippen LogP contribution in [-0.4, -0.2) is 27.2 Å². The molecule has 6 heteroatoms. The number of nitrogens with one attached hydrogen (secondary N) is 1. The smallest absolute Gasteiger partial charge is 0.261 e. The molecule has 3 rings (SSSR count). The highest BCUT2D eigenvalue weighted by molar-refractivity contribution is 6.02. The molecule has 1 aromatic carbocycles. The number of aromatic nitrogens is 3. The molecule has 28 heavy (non-hydrogen) atoms. The van der Waals surface area contributed by atoms with E-state index in [1.165, 1.54) is 0 Å². The van der Waals surface area contributed by atoms with Gasteiger partial charge in [0.1, 0.15) is 17.3 Å². The number of carbonyl (C=O) groups excluding carboxylic acids is 1. The van der Waals surface area contributed by atoms with Crippen LogP contribution in [0.15, 0.2) is 66.6 Å². The van der Waals surface area contributed by atoms with Crippen molar-refractivity contribution in [3.05, 3.63) is 72.2 Å². The second-order valence-electron chi connectivity index (χ2n) is 6.23. The third-order valence-electron chi connectivity index (χ3n) is 4.20. The average molecular weight is 371 g/mol. The number of hydrogen-bond donors (Lipinski definition) is 1. The Balaban J connectivity index is 2.02. The molecule has 0 fully saturated rings. The van der Waals surface area contributed by atoms with Crippen molar-refractivity contribution in [3.8, 4) is 23.0 Å². The zero-order valence-electron chi connectivity index (χ0n) is 15.7. The topological polar surface area (TPSA) is 83.6 Å². The first kappa shape index (κ1) is 19.1. The fourth-order valence-corrected chi connectivity index (χ4v) is 2.72. The summed E-state index contributed by atoms with van der Waals surface area (Å²) in [7, 11) is 0. The number of benzene rings is 1. The van der Waals surface area contributed by atoms with Gasteiger partial charge in [-0.1, -0.05) is 31.5 Å². The minimum Gasteiger partial charge on any atom is -0.351 e. The summed E-state index contributed by atoms with van der Waals surface area (Å²) >= 11 is 0. The number of rotatable bonds is 7. The Morgan fingerprint density at radius 3 is 2.64 bits per heavy atom. The van der Waals surface area contributed by atoms with E-state index >= 15 is 0 Å². The molecular formula is C22H21N5O. The monoisotopic (exact) mass is 371 g/mol. The van der Waals surface area contributed by atoms with Crippen LogP contribution in [0.5, 0.6) is 0 Å². The minimum atomic E-state index is -0.371.